The topological polar surface area (TPSA) is 101 Å². The summed E-state index contributed by atoms with van der Waals surface area (Å²) in [6.07, 6.45) is 0. The first-order valence-corrected chi connectivity index (χ1v) is 8.41. The summed E-state index contributed by atoms with van der Waals surface area (Å²) in [5.74, 6) is -0.238. The Hall–Kier alpha value is -1.44. The molecule has 0 saturated heterocycles. The normalized spacial score (nSPS) is 10.8. The third-order valence-electron chi connectivity index (χ3n) is 2.39. The van der Waals surface area contributed by atoms with E-state index in [4.69, 9.17) is 5.14 Å². The molecule has 0 spiro atoms. The minimum absolute atomic E-state index is 0.00412. The zero-order chi connectivity index (χ0) is 16.5. The number of carbonyl (C=O) groups excluding carboxylic acids is 1. The fourth-order valence-corrected chi connectivity index (χ4v) is 1.98. The average molecular weight is 315 g/mol. The molecule has 0 heterocycles. The van der Waals surface area contributed by atoms with Crippen molar-refractivity contribution in [2.24, 2.45) is 5.14 Å². The summed E-state index contributed by atoms with van der Waals surface area (Å²) >= 11 is 0. The van der Waals surface area contributed by atoms with E-state index in [1.54, 1.807) is 6.92 Å². The van der Waals surface area contributed by atoms with Gasteiger partial charge in [-0.1, -0.05) is 20.8 Å². The van der Waals surface area contributed by atoms with Gasteiger partial charge in [0.25, 0.3) is 5.91 Å². The number of benzene rings is 1. The number of sulfonamides is 1. The molecule has 7 heteroatoms. The maximum Gasteiger partial charge on any atom is 0.251 e. The van der Waals surface area contributed by atoms with Crippen LogP contribution >= 0.6 is 0 Å². The predicted octanol–water partition coefficient (Wildman–Crippen LogP) is 1.09. The molecule has 0 radical (unpaired) electrons. The SMILES string of the molecule is CCNC(=O)c1ccc(S(N)(=O)=O)cc1.CCNC(C)C. The minimum atomic E-state index is -3.69. The Kier molecular flexibility index (Phi) is 8.84. The van der Waals surface area contributed by atoms with E-state index in [0.29, 0.717) is 18.2 Å². The summed E-state index contributed by atoms with van der Waals surface area (Å²) in [5.41, 5.74) is 0.407. The van der Waals surface area contributed by atoms with Crippen LogP contribution in [0.1, 0.15) is 38.1 Å². The van der Waals surface area contributed by atoms with Crippen LogP contribution in [-0.4, -0.2) is 33.5 Å². The van der Waals surface area contributed by atoms with Crippen molar-refractivity contribution in [1.29, 1.82) is 0 Å². The van der Waals surface area contributed by atoms with Gasteiger partial charge in [-0.05, 0) is 37.7 Å². The van der Waals surface area contributed by atoms with Gasteiger partial charge in [0, 0.05) is 18.2 Å². The van der Waals surface area contributed by atoms with E-state index in [9.17, 15) is 13.2 Å². The van der Waals surface area contributed by atoms with Gasteiger partial charge >= 0.3 is 0 Å². The molecule has 0 unspecified atom stereocenters. The molecule has 4 N–H and O–H groups in total. The number of amides is 1. The molecule has 0 saturated carbocycles. The molecule has 0 atom stereocenters. The predicted molar refractivity (Wildman–Crippen MR) is 84.6 cm³/mol. The Morgan fingerprint density at radius 2 is 1.67 bits per heavy atom. The number of hydrogen-bond donors (Lipinski definition) is 3. The van der Waals surface area contributed by atoms with Gasteiger partial charge in [-0.15, -0.1) is 0 Å². The smallest absolute Gasteiger partial charge is 0.251 e. The second-order valence-electron chi connectivity index (χ2n) is 4.64. The van der Waals surface area contributed by atoms with Crippen LogP contribution in [0.25, 0.3) is 0 Å². The monoisotopic (exact) mass is 315 g/mol. The van der Waals surface area contributed by atoms with Crippen molar-refractivity contribution in [3.63, 3.8) is 0 Å². The lowest BCUT2D eigenvalue weighted by molar-refractivity contribution is 0.0955. The lowest BCUT2D eigenvalue weighted by atomic mass is 10.2. The van der Waals surface area contributed by atoms with Crippen LogP contribution < -0.4 is 15.8 Å². The number of hydrogen-bond acceptors (Lipinski definition) is 4. The second kappa shape index (κ2) is 9.49. The van der Waals surface area contributed by atoms with Crippen molar-refractivity contribution < 1.29 is 13.2 Å². The number of carbonyl (C=O) groups is 1. The molecular formula is C14H25N3O3S. The molecule has 120 valence electrons. The molecule has 21 heavy (non-hydrogen) atoms. The van der Waals surface area contributed by atoms with Gasteiger partial charge in [-0.25, -0.2) is 13.6 Å². The summed E-state index contributed by atoms with van der Waals surface area (Å²) in [4.78, 5) is 11.3. The number of nitrogens with one attached hydrogen (secondary N) is 2. The van der Waals surface area contributed by atoms with Crippen LogP contribution in [0.15, 0.2) is 29.2 Å². The Morgan fingerprint density at radius 3 is 1.95 bits per heavy atom. The lowest BCUT2D eigenvalue weighted by Gasteiger charge is -2.02. The summed E-state index contributed by atoms with van der Waals surface area (Å²) in [6.45, 7) is 9.80. The Morgan fingerprint density at radius 1 is 1.14 bits per heavy atom. The third kappa shape index (κ3) is 8.44. The summed E-state index contributed by atoms with van der Waals surface area (Å²) < 4.78 is 21.8. The molecule has 6 nitrogen and oxygen atoms in total. The van der Waals surface area contributed by atoms with Crippen LogP contribution in [0.3, 0.4) is 0 Å². The molecule has 1 amide bonds. The average Bonchev–Trinajstić information content (AvgIpc) is 2.38. The highest BCUT2D eigenvalue weighted by molar-refractivity contribution is 7.89. The van der Waals surface area contributed by atoms with Crippen molar-refractivity contribution in [2.45, 2.75) is 38.6 Å². The van der Waals surface area contributed by atoms with Gasteiger partial charge in [-0.3, -0.25) is 4.79 Å². The fourth-order valence-electron chi connectivity index (χ4n) is 1.47. The fraction of sp³-hybridized carbons (Fsp3) is 0.500. The molecule has 0 aliphatic rings. The highest BCUT2D eigenvalue weighted by atomic mass is 32.2. The Balaban J connectivity index is 0.000000567. The first-order chi connectivity index (χ1) is 9.72. The number of rotatable bonds is 5. The number of primary sulfonamides is 1. The maximum absolute atomic E-state index is 11.3. The van der Waals surface area contributed by atoms with Crippen molar-refractivity contribution in [3.05, 3.63) is 29.8 Å². The van der Waals surface area contributed by atoms with E-state index in [2.05, 4.69) is 31.4 Å². The van der Waals surface area contributed by atoms with Crippen molar-refractivity contribution in [3.8, 4) is 0 Å². The standard InChI is InChI=1S/C9H12N2O3S.C5H13N/c1-2-11-9(12)7-3-5-8(6-4-7)15(10,13)14;1-4-6-5(2)3/h3-6H,2H2,1H3,(H,11,12)(H2,10,13,14);5-6H,4H2,1-3H3. The van der Waals surface area contributed by atoms with Gasteiger partial charge in [0.05, 0.1) is 4.90 Å². The Labute approximate surface area is 127 Å². The minimum Gasteiger partial charge on any atom is -0.352 e. The van der Waals surface area contributed by atoms with Crippen LogP contribution in [0.2, 0.25) is 0 Å². The molecule has 1 aromatic rings. The second-order valence-corrected chi connectivity index (χ2v) is 6.20. The van der Waals surface area contributed by atoms with Crippen LogP contribution in [-0.2, 0) is 10.0 Å². The molecule has 1 rings (SSSR count). The summed E-state index contributed by atoms with van der Waals surface area (Å²) in [6, 6.07) is 6.10. The van der Waals surface area contributed by atoms with E-state index in [0.717, 1.165) is 6.54 Å². The van der Waals surface area contributed by atoms with Gasteiger partial charge < -0.3 is 10.6 Å². The van der Waals surface area contributed by atoms with Crippen molar-refractivity contribution in [1.82, 2.24) is 10.6 Å². The number of nitrogens with two attached hydrogens (primary N) is 1. The van der Waals surface area contributed by atoms with E-state index in [-0.39, 0.29) is 10.8 Å². The van der Waals surface area contributed by atoms with Crippen molar-refractivity contribution >= 4 is 15.9 Å². The first-order valence-electron chi connectivity index (χ1n) is 6.86. The maximum atomic E-state index is 11.3. The highest BCUT2D eigenvalue weighted by Crippen LogP contribution is 2.08. The quantitative estimate of drug-likeness (QED) is 0.757. The van der Waals surface area contributed by atoms with E-state index in [1.165, 1.54) is 24.3 Å². The largest absolute Gasteiger partial charge is 0.352 e. The molecule has 0 fully saturated rings. The van der Waals surface area contributed by atoms with Crippen molar-refractivity contribution in [2.75, 3.05) is 13.1 Å². The summed E-state index contributed by atoms with van der Waals surface area (Å²) in [7, 11) is -3.69. The van der Waals surface area contributed by atoms with E-state index < -0.39 is 10.0 Å². The summed E-state index contributed by atoms with van der Waals surface area (Å²) in [5, 5.41) is 10.7. The van der Waals surface area contributed by atoms with Crippen LogP contribution in [0.5, 0.6) is 0 Å². The molecule has 0 bridgehead atoms. The molecule has 0 aromatic heterocycles. The van der Waals surface area contributed by atoms with Gasteiger partial charge in [0.15, 0.2) is 0 Å². The zero-order valence-corrected chi connectivity index (χ0v) is 13.8. The van der Waals surface area contributed by atoms with Crippen LogP contribution in [0.4, 0.5) is 0 Å². The molecule has 0 aliphatic heterocycles. The molecule has 0 aliphatic carbocycles. The van der Waals surface area contributed by atoms with E-state index in [1.807, 2.05) is 0 Å². The molecular weight excluding hydrogens is 290 g/mol. The van der Waals surface area contributed by atoms with Gasteiger partial charge in [0.2, 0.25) is 10.0 Å². The zero-order valence-electron chi connectivity index (χ0n) is 13.0. The lowest BCUT2D eigenvalue weighted by Crippen LogP contribution is -2.22. The first kappa shape index (κ1) is 19.6. The third-order valence-corrected chi connectivity index (χ3v) is 3.32. The van der Waals surface area contributed by atoms with E-state index >= 15 is 0 Å². The highest BCUT2D eigenvalue weighted by Gasteiger charge is 2.09. The molecule has 1 aromatic carbocycles. The van der Waals surface area contributed by atoms with Gasteiger partial charge in [-0.2, -0.15) is 0 Å². The Bertz CT molecular complexity index is 525. The van der Waals surface area contributed by atoms with Crippen LogP contribution in [0, 0.1) is 0 Å². The van der Waals surface area contributed by atoms with Gasteiger partial charge in [0.1, 0.15) is 0 Å².